The summed E-state index contributed by atoms with van der Waals surface area (Å²) in [4.78, 5) is 18.5. The van der Waals surface area contributed by atoms with E-state index in [9.17, 15) is 4.79 Å². The molecule has 0 aliphatic heterocycles. The number of carbonyl (C=O) groups excluding carboxylic acids is 1. The molecular weight excluding hydrogens is 538 g/mol. The Morgan fingerprint density at radius 1 is 0.878 bits per heavy atom. The van der Waals surface area contributed by atoms with Crippen molar-refractivity contribution in [2.45, 2.75) is 97.6 Å². The van der Waals surface area contributed by atoms with Crippen LogP contribution in [-0.4, -0.2) is 73.8 Å². The summed E-state index contributed by atoms with van der Waals surface area (Å²) in [5.74, 6) is 0.388. The third-order valence-corrected chi connectivity index (χ3v) is 14.3. The molecule has 2 atom stereocenters. The van der Waals surface area contributed by atoms with Crippen molar-refractivity contribution >= 4 is 14.2 Å². The molecule has 1 aromatic rings. The second kappa shape index (κ2) is 18.7. The van der Waals surface area contributed by atoms with Crippen LogP contribution < -0.4 is 4.74 Å². The monoisotopic (exact) mass is 595 g/mol. The van der Waals surface area contributed by atoms with E-state index < -0.39 is 8.32 Å². The van der Waals surface area contributed by atoms with Crippen molar-refractivity contribution in [2.24, 2.45) is 5.92 Å². The minimum absolute atomic E-state index is 0.0789. The third kappa shape index (κ3) is 11.1. The van der Waals surface area contributed by atoms with Crippen molar-refractivity contribution in [1.82, 2.24) is 5.06 Å². The van der Waals surface area contributed by atoms with Gasteiger partial charge < -0.3 is 23.4 Å². The van der Waals surface area contributed by atoms with Gasteiger partial charge in [0.05, 0.1) is 46.1 Å². The number of allylic oxidation sites excluding steroid dienone is 1. The van der Waals surface area contributed by atoms with Crippen molar-refractivity contribution in [3.63, 3.8) is 0 Å². The standard InChI is InChI=1S/C32H57NO7Si/c1-23(2)41(24(3)4,25(5)6)40-31(27(8)32(34)33(9)37-12)18-13-26(7)29(21-39-22-35-10)20-38-19-28-14-16-30(36-11)17-15-28/h14-17,23-25,27,31H,13,18-22H2,1-12H3/b29-26-/t27-,31+/m1/s1. The molecule has 0 unspecified atom stereocenters. The second-order valence-corrected chi connectivity index (χ2v) is 17.2. The van der Waals surface area contributed by atoms with Gasteiger partial charge in [0, 0.05) is 14.2 Å². The van der Waals surface area contributed by atoms with Gasteiger partial charge in [-0.3, -0.25) is 9.63 Å². The number of amides is 1. The van der Waals surface area contributed by atoms with Crippen LogP contribution >= 0.6 is 0 Å². The number of hydrogen-bond acceptors (Lipinski definition) is 7. The molecule has 1 rings (SSSR count). The SMILES string of the molecule is COCOC/C(COCc1ccc(OC)cc1)=C(/C)CC[C@H](O[Si](C(C)C)(C(C)C)C(C)C)[C@@H](C)C(=O)N(C)OC. The van der Waals surface area contributed by atoms with Gasteiger partial charge >= 0.3 is 0 Å². The average Bonchev–Trinajstić information content (AvgIpc) is 2.94. The Kier molecular flexibility index (Phi) is 17.0. The zero-order valence-electron chi connectivity index (χ0n) is 27.7. The molecule has 0 bridgehead atoms. The molecule has 1 amide bonds. The van der Waals surface area contributed by atoms with Gasteiger partial charge in [0.1, 0.15) is 12.5 Å². The number of methoxy groups -OCH3 is 2. The van der Waals surface area contributed by atoms with Crippen molar-refractivity contribution < 1.29 is 33.0 Å². The van der Waals surface area contributed by atoms with Crippen molar-refractivity contribution in [3.8, 4) is 5.75 Å². The number of hydroxylamine groups is 2. The molecule has 0 N–H and O–H groups in total. The van der Waals surface area contributed by atoms with Gasteiger partial charge in [-0.25, -0.2) is 5.06 Å². The lowest BCUT2D eigenvalue weighted by atomic mass is 9.96. The Balaban J connectivity index is 3.20. The molecule has 0 saturated carbocycles. The molecule has 1 aromatic carbocycles. The topological polar surface area (TPSA) is 75.7 Å². The lowest BCUT2D eigenvalue weighted by Gasteiger charge is -2.46. The smallest absolute Gasteiger partial charge is 0.251 e. The molecule has 0 aromatic heterocycles. The summed E-state index contributed by atoms with van der Waals surface area (Å²) in [5.41, 5.74) is 4.55. The first-order valence-corrected chi connectivity index (χ1v) is 16.9. The van der Waals surface area contributed by atoms with E-state index in [-0.39, 0.29) is 24.7 Å². The maximum absolute atomic E-state index is 13.2. The lowest BCUT2D eigenvalue weighted by Crippen LogP contribution is -2.52. The molecular formula is C32H57NO7Si. The van der Waals surface area contributed by atoms with Crippen LogP contribution in [0.5, 0.6) is 5.75 Å². The van der Waals surface area contributed by atoms with Gasteiger partial charge in [0.25, 0.3) is 5.91 Å². The van der Waals surface area contributed by atoms with Gasteiger partial charge in [-0.1, -0.05) is 66.2 Å². The van der Waals surface area contributed by atoms with E-state index >= 15 is 0 Å². The first kappa shape index (κ1) is 37.3. The molecule has 41 heavy (non-hydrogen) atoms. The fraction of sp³-hybridized carbons (Fsp3) is 0.719. The Morgan fingerprint density at radius 3 is 1.93 bits per heavy atom. The fourth-order valence-corrected chi connectivity index (χ4v) is 11.4. The average molecular weight is 596 g/mol. The molecule has 9 heteroatoms. The van der Waals surface area contributed by atoms with Crippen molar-refractivity contribution in [1.29, 1.82) is 0 Å². The van der Waals surface area contributed by atoms with Crippen molar-refractivity contribution in [3.05, 3.63) is 41.0 Å². The summed E-state index contributed by atoms with van der Waals surface area (Å²) in [7, 11) is 4.20. The van der Waals surface area contributed by atoms with E-state index in [1.54, 1.807) is 21.3 Å². The highest BCUT2D eigenvalue weighted by Crippen LogP contribution is 2.44. The molecule has 0 spiro atoms. The van der Waals surface area contributed by atoms with Gasteiger partial charge in [-0.15, -0.1) is 0 Å². The molecule has 0 aliphatic rings. The largest absolute Gasteiger partial charge is 0.497 e. The highest BCUT2D eigenvalue weighted by Gasteiger charge is 2.48. The molecule has 0 fully saturated rings. The molecule has 0 radical (unpaired) electrons. The highest BCUT2D eigenvalue weighted by atomic mass is 28.4. The summed E-state index contributed by atoms with van der Waals surface area (Å²) in [6.07, 6.45) is 1.23. The summed E-state index contributed by atoms with van der Waals surface area (Å²) >= 11 is 0. The second-order valence-electron chi connectivity index (χ2n) is 11.8. The Bertz CT molecular complexity index is 895. The minimum atomic E-state index is -2.24. The van der Waals surface area contributed by atoms with Gasteiger partial charge in [0.15, 0.2) is 0 Å². The van der Waals surface area contributed by atoms with E-state index in [1.165, 1.54) is 17.7 Å². The van der Waals surface area contributed by atoms with E-state index in [0.717, 1.165) is 23.3 Å². The quantitative estimate of drug-likeness (QED) is 0.0521. The predicted molar refractivity (Wildman–Crippen MR) is 167 cm³/mol. The van der Waals surface area contributed by atoms with Crippen LogP contribution in [0.25, 0.3) is 0 Å². The minimum Gasteiger partial charge on any atom is -0.497 e. The Morgan fingerprint density at radius 2 is 1.44 bits per heavy atom. The summed E-state index contributed by atoms with van der Waals surface area (Å²) in [6, 6.07) is 7.87. The normalized spacial score (nSPS) is 14.4. The fourth-order valence-electron chi connectivity index (χ4n) is 5.70. The van der Waals surface area contributed by atoms with E-state index in [1.807, 2.05) is 31.2 Å². The van der Waals surface area contributed by atoms with Crippen LogP contribution in [0.15, 0.2) is 35.4 Å². The number of rotatable bonds is 20. The van der Waals surface area contributed by atoms with Crippen LogP contribution in [0.4, 0.5) is 0 Å². The zero-order valence-corrected chi connectivity index (χ0v) is 28.7. The first-order valence-electron chi connectivity index (χ1n) is 14.8. The molecule has 236 valence electrons. The predicted octanol–water partition coefficient (Wildman–Crippen LogP) is 7.15. The van der Waals surface area contributed by atoms with Gasteiger partial charge in [-0.2, -0.15) is 0 Å². The van der Waals surface area contributed by atoms with Crippen molar-refractivity contribution in [2.75, 3.05) is 48.4 Å². The van der Waals surface area contributed by atoms with Gasteiger partial charge in [-0.05, 0) is 59.7 Å². The van der Waals surface area contributed by atoms with Crippen LogP contribution in [0.1, 0.15) is 73.8 Å². The number of carbonyl (C=O) groups is 1. The Labute approximate surface area is 250 Å². The molecule has 8 nitrogen and oxygen atoms in total. The molecule has 0 heterocycles. The van der Waals surface area contributed by atoms with Crippen LogP contribution in [0.3, 0.4) is 0 Å². The van der Waals surface area contributed by atoms with Gasteiger partial charge in [0.2, 0.25) is 8.32 Å². The maximum Gasteiger partial charge on any atom is 0.251 e. The molecule has 0 saturated heterocycles. The summed E-state index contributed by atoms with van der Waals surface area (Å²) in [6.45, 7) is 19.3. The summed E-state index contributed by atoms with van der Waals surface area (Å²) < 4.78 is 29.4. The number of ether oxygens (including phenoxy) is 4. The van der Waals surface area contributed by atoms with Crippen LogP contribution in [-0.2, 0) is 34.9 Å². The van der Waals surface area contributed by atoms with E-state index in [2.05, 4.69) is 48.5 Å². The first-order chi connectivity index (χ1) is 19.3. The van der Waals surface area contributed by atoms with E-state index in [4.69, 9.17) is 28.2 Å². The van der Waals surface area contributed by atoms with Crippen LogP contribution in [0, 0.1) is 5.92 Å². The summed E-state index contributed by atoms with van der Waals surface area (Å²) in [5, 5.41) is 1.31. The van der Waals surface area contributed by atoms with Crippen LogP contribution in [0.2, 0.25) is 16.6 Å². The zero-order chi connectivity index (χ0) is 31.2. The Hall–Kier alpha value is -1.75. The maximum atomic E-state index is 13.2. The number of benzene rings is 1. The third-order valence-electron chi connectivity index (χ3n) is 8.18. The number of hydrogen-bond donors (Lipinski definition) is 0. The molecule has 0 aliphatic carbocycles. The van der Waals surface area contributed by atoms with E-state index in [0.29, 0.717) is 42.9 Å². The number of nitrogens with zero attached hydrogens (tertiary/aromatic N) is 1. The highest BCUT2D eigenvalue weighted by molar-refractivity contribution is 6.77. The lowest BCUT2D eigenvalue weighted by molar-refractivity contribution is -0.176.